The molecule has 11 aromatic rings. The molecule has 6 nitrogen and oxygen atoms in total. The summed E-state index contributed by atoms with van der Waals surface area (Å²) in [7, 11) is 0. The van der Waals surface area contributed by atoms with Crippen LogP contribution in [0.1, 0.15) is 26.3 Å². The van der Waals surface area contributed by atoms with Crippen LogP contribution >= 0.6 is 0 Å². The molecule has 3 heterocycles. The fraction of sp³-hybridized carbons (Fsp3) is 0. The Morgan fingerprint density at radius 1 is 0.561 bits per heavy atom. The molecule has 0 atom stereocenters. The van der Waals surface area contributed by atoms with Crippen molar-refractivity contribution < 1.29 is 14.0 Å². The van der Waals surface area contributed by atoms with Gasteiger partial charge in [0.05, 0.1) is 42.7 Å². The number of nitrogens with zero attached hydrogens (tertiary/aromatic N) is 4. The summed E-state index contributed by atoms with van der Waals surface area (Å²) >= 11 is 0. The number of benzene rings is 8. The van der Waals surface area contributed by atoms with Crippen molar-refractivity contribution in [2.24, 2.45) is 9.98 Å². The van der Waals surface area contributed by atoms with E-state index in [1.165, 1.54) is 12.1 Å². The second-order valence-electron chi connectivity index (χ2n) is 13.6. The van der Waals surface area contributed by atoms with Crippen LogP contribution in [0.4, 0.5) is 0 Å². The Hall–Kier alpha value is -7.83. The topological polar surface area (TPSA) is 71.6 Å². The zero-order valence-corrected chi connectivity index (χ0v) is 30.1. The van der Waals surface area contributed by atoms with Crippen LogP contribution in [0.2, 0.25) is 0 Å². The van der Waals surface area contributed by atoms with Gasteiger partial charge in [0.1, 0.15) is 11.2 Å². The fourth-order valence-corrected chi connectivity index (χ4v) is 7.79. The highest BCUT2D eigenvalue weighted by atomic mass is 16.3. The van der Waals surface area contributed by atoms with Gasteiger partial charge in [-0.25, -0.2) is 9.98 Å². The van der Waals surface area contributed by atoms with Gasteiger partial charge in [-0.3, -0.25) is 5.41 Å². The summed E-state index contributed by atoms with van der Waals surface area (Å²) < 4.78 is 74.6. The summed E-state index contributed by atoms with van der Waals surface area (Å²) in [6.07, 6.45) is 1.71. The SMILES string of the molecule is [2H]c1cc([2H])c2c(c1)c1c([2H])c([2H])c3c4c([2H])c([2H])cc([2H])c4n(-c4ccccc4)c3c1n2-c1cccc2oc3cc(C(N=Cc4ccccc4)=NC(=N)c4ccccc4)ccc3c12. The summed E-state index contributed by atoms with van der Waals surface area (Å²) in [4.78, 5) is 9.47. The molecule has 0 fully saturated rings. The number of aromatic nitrogens is 2. The van der Waals surface area contributed by atoms with E-state index in [2.05, 4.69) is 0 Å². The van der Waals surface area contributed by atoms with Gasteiger partial charge in [0.25, 0.3) is 0 Å². The Bertz CT molecular complexity index is 3820. The number of nitrogens with one attached hydrogen (secondary N) is 1. The van der Waals surface area contributed by atoms with E-state index in [1.807, 2.05) is 137 Å². The van der Waals surface area contributed by atoms with Gasteiger partial charge in [-0.1, -0.05) is 139 Å². The molecule has 0 aliphatic carbocycles. The molecular formula is C51H33N5O. The molecule has 0 aliphatic rings. The zero-order valence-electron chi connectivity index (χ0n) is 37.1. The minimum Gasteiger partial charge on any atom is -0.456 e. The molecule has 57 heavy (non-hydrogen) atoms. The van der Waals surface area contributed by atoms with Crippen LogP contribution in [0.15, 0.2) is 202 Å². The van der Waals surface area contributed by atoms with Crippen molar-refractivity contribution in [3.05, 3.63) is 205 Å². The summed E-state index contributed by atoms with van der Waals surface area (Å²) in [6.45, 7) is 0. The van der Waals surface area contributed by atoms with Gasteiger partial charge in [-0.2, -0.15) is 0 Å². The van der Waals surface area contributed by atoms with E-state index in [9.17, 15) is 5.48 Å². The van der Waals surface area contributed by atoms with Crippen LogP contribution in [-0.2, 0) is 0 Å². The lowest BCUT2D eigenvalue weighted by Crippen LogP contribution is -2.04. The van der Waals surface area contributed by atoms with E-state index < -0.39 is 0 Å². The fourth-order valence-electron chi connectivity index (χ4n) is 7.79. The predicted octanol–water partition coefficient (Wildman–Crippen LogP) is 12.7. The van der Waals surface area contributed by atoms with Gasteiger partial charge in [-0.05, 0) is 54.0 Å². The third-order valence-corrected chi connectivity index (χ3v) is 10.3. The molecular weight excluding hydrogens is 699 g/mol. The Kier molecular flexibility index (Phi) is 6.03. The lowest BCUT2D eigenvalue weighted by atomic mass is 10.1. The molecule has 0 amide bonds. The van der Waals surface area contributed by atoms with Crippen molar-refractivity contribution in [1.29, 1.82) is 5.41 Å². The molecule has 0 radical (unpaired) electrons. The van der Waals surface area contributed by atoms with Crippen molar-refractivity contribution >= 4 is 83.4 Å². The van der Waals surface area contributed by atoms with Crippen LogP contribution < -0.4 is 0 Å². The number of furan rings is 1. The molecule has 0 bridgehead atoms. The molecule has 1 N–H and O–H groups in total. The largest absolute Gasteiger partial charge is 0.456 e. The molecule has 0 aliphatic heterocycles. The van der Waals surface area contributed by atoms with Crippen LogP contribution in [-0.4, -0.2) is 27.0 Å². The minimum atomic E-state index is -0.186. The van der Waals surface area contributed by atoms with Crippen LogP contribution in [0.25, 0.3) is 76.9 Å². The average molecular weight is 739 g/mol. The highest BCUT2D eigenvalue weighted by molar-refractivity contribution is 6.25. The second kappa shape index (κ2) is 13.2. The lowest BCUT2D eigenvalue weighted by molar-refractivity contribution is 0.668. The van der Waals surface area contributed by atoms with Gasteiger partial charge in [0.2, 0.25) is 0 Å². The number of hydrogen-bond donors (Lipinski definition) is 1. The quantitative estimate of drug-likeness (QED) is 0.139. The number of fused-ring (bicyclic) bond motifs is 10. The first-order valence-electron chi connectivity index (χ1n) is 21.9. The first-order chi connectivity index (χ1) is 31.1. The Labute approximate surface area is 337 Å². The minimum absolute atomic E-state index is 0.0129. The first kappa shape index (κ1) is 26.1. The lowest BCUT2D eigenvalue weighted by Gasteiger charge is -2.13. The van der Waals surface area contributed by atoms with Crippen molar-refractivity contribution in [2.75, 3.05) is 0 Å². The highest BCUT2D eigenvalue weighted by Crippen LogP contribution is 2.44. The molecule has 0 saturated carbocycles. The summed E-state index contributed by atoms with van der Waals surface area (Å²) in [5.74, 6) is 0.343. The monoisotopic (exact) mass is 738 g/mol. The normalized spacial score (nSPS) is 14.0. The number of aliphatic imine (C=N–C) groups is 2. The van der Waals surface area contributed by atoms with E-state index in [-0.39, 0.29) is 58.9 Å². The number of hydrogen-bond acceptors (Lipinski definition) is 2. The summed E-state index contributed by atoms with van der Waals surface area (Å²) in [5, 5.41) is 11.5. The second-order valence-corrected chi connectivity index (χ2v) is 13.6. The van der Waals surface area contributed by atoms with Crippen molar-refractivity contribution in [2.45, 2.75) is 0 Å². The smallest absolute Gasteiger partial charge is 0.161 e. The van der Waals surface area contributed by atoms with E-state index in [1.54, 1.807) is 12.3 Å². The predicted molar refractivity (Wildman–Crippen MR) is 236 cm³/mol. The first-order valence-corrected chi connectivity index (χ1v) is 18.4. The third kappa shape index (κ3) is 5.30. The average Bonchev–Trinajstić information content (AvgIpc) is 3.98. The molecule has 11 rings (SSSR count). The maximum atomic E-state index is 9.61. The van der Waals surface area contributed by atoms with Gasteiger partial charge < -0.3 is 13.6 Å². The molecule has 6 heteroatoms. The maximum Gasteiger partial charge on any atom is 0.161 e. The van der Waals surface area contributed by atoms with Crippen molar-refractivity contribution in [3.8, 4) is 11.4 Å². The Morgan fingerprint density at radius 3 is 2.07 bits per heavy atom. The molecule has 0 unspecified atom stereocenters. The number of rotatable bonds is 5. The van der Waals surface area contributed by atoms with Crippen LogP contribution in [0.3, 0.4) is 0 Å². The standard InChI is InChI=1S/C51H33N5O/c52-50(34-17-6-2-7-18-34)54-51(53-32-33-15-4-1-5-16-33)35-27-28-41-46(31-35)57-45-26-14-25-44(47(41)45)56-43-24-13-11-22-38(43)40-30-29-39-37-21-10-12-23-42(37)55(48(39)49(40)56)36-19-8-3-9-20-36/h1-32,52H/i10D,11D,21D,23D,24D,29D,30D. The summed E-state index contributed by atoms with van der Waals surface area (Å²) in [5.41, 5.74) is 5.96. The molecule has 8 aromatic carbocycles. The van der Waals surface area contributed by atoms with Crippen LogP contribution in [0.5, 0.6) is 0 Å². The van der Waals surface area contributed by atoms with Gasteiger partial charge in [0, 0.05) is 50.0 Å². The van der Waals surface area contributed by atoms with Gasteiger partial charge in [-0.15, -0.1) is 0 Å². The summed E-state index contributed by atoms with van der Waals surface area (Å²) in [6, 6.07) is 43.2. The highest BCUT2D eigenvalue weighted by Gasteiger charge is 2.23. The maximum absolute atomic E-state index is 9.61. The number of amidine groups is 2. The van der Waals surface area contributed by atoms with E-state index >= 15 is 0 Å². The Balaban J connectivity index is 1.24. The van der Waals surface area contributed by atoms with E-state index in [0.717, 1.165) is 10.9 Å². The molecule has 3 aromatic heterocycles. The van der Waals surface area contributed by atoms with Gasteiger partial charge in [0.15, 0.2) is 11.7 Å². The Morgan fingerprint density at radius 2 is 1.26 bits per heavy atom. The molecule has 0 saturated heterocycles. The molecule has 0 spiro atoms. The zero-order chi connectivity index (χ0) is 44.0. The third-order valence-electron chi connectivity index (χ3n) is 10.3. The van der Waals surface area contributed by atoms with E-state index in [0.29, 0.717) is 77.7 Å². The van der Waals surface area contributed by atoms with Crippen molar-refractivity contribution in [1.82, 2.24) is 9.13 Å². The molecule has 268 valence electrons. The van der Waals surface area contributed by atoms with Gasteiger partial charge >= 0.3 is 0 Å². The van der Waals surface area contributed by atoms with E-state index in [4.69, 9.17) is 23.9 Å². The number of para-hydroxylation sites is 3. The van der Waals surface area contributed by atoms with Crippen molar-refractivity contribution in [3.63, 3.8) is 0 Å². The van der Waals surface area contributed by atoms with Crippen LogP contribution in [0, 0.1) is 5.41 Å².